The van der Waals surface area contributed by atoms with Gasteiger partial charge in [0.15, 0.2) is 5.82 Å². The predicted octanol–water partition coefficient (Wildman–Crippen LogP) is 4.24. The molecule has 7 nitrogen and oxygen atoms in total. The average molecular weight is 429 g/mol. The summed E-state index contributed by atoms with van der Waals surface area (Å²) in [5, 5.41) is 24.6. The molecule has 29 heavy (non-hydrogen) atoms. The molecule has 0 aliphatic carbocycles. The van der Waals surface area contributed by atoms with E-state index in [0.29, 0.717) is 16.9 Å². The molecule has 2 aromatic heterocycles. The number of hydrogen-bond acceptors (Lipinski definition) is 7. The lowest BCUT2D eigenvalue weighted by atomic mass is 10.0. The number of fused-ring (bicyclic) bond motifs is 1. The number of ether oxygens (including phenoxy) is 1. The Labute approximate surface area is 176 Å². The van der Waals surface area contributed by atoms with Gasteiger partial charge in [-0.15, -0.1) is 21.5 Å². The fraction of sp³-hybridized carbons (Fsp3) is 0.300. The Kier molecular flexibility index (Phi) is 5.68. The van der Waals surface area contributed by atoms with Gasteiger partial charge in [0.1, 0.15) is 12.4 Å². The number of carbonyl (C=O) groups is 1. The molecule has 1 aliphatic rings. The van der Waals surface area contributed by atoms with Gasteiger partial charge < -0.3 is 9.84 Å². The van der Waals surface area contributed by atoms with E-state index in [2.05, 4.69) is 41.3 Å². The molecule has 150 valence electrons. The van der Waals surface area contributed by atoms with E-state index in [1.807, 2.05) is 29.6 Å². The van der Waals surface area contributed by atoms with E-state index in [1.54, 1.807) is 4.68 Å². The maximum absolute atomic E-state index is 11.3. The van der Waals surface area contributed by atoms with Crippen molar-refractivity contribution in [1.29, 1.82) is 0 Å². The topological polar surface area (TPSA) is 89.6 Å². The molecule has 1 atom stereocenters. The van der Waals surface area contributed by atoms with Gasteiger partial charge in [0, 0.05) is 0 Å². The third-order valence-corrected chi connectivity index (χ3v) is 6.52. The third kappa shape index (κ3) is 4.35. The van der Waals surface area contributed by atoms with Crippen molar-refractivity contribution in [3.63, 3.8) is 0 Å². The average Bonchev–Trinajstić information content (AvgIpc) is 3.35. The smallest absolute Gasteiger partial charge is 0.304 e. The lowest BCUT2D eigenvalue weighted by molar-refractivity contribution is -0.136. The Balaban J connectivity index is 1.56. The highest BCUT2D eigenvalue weighted by Gasteiger charge is 2.31. The summed E-state index contributed by atoms with van der Waals surface area (Å²) < 4.78 is 7.53. The van der Waals surface area contributed by atoms with Crippen LogP contribution in [0.1, 0.15) is 42.5 Å². The van der Waals surface area contributed by atoms with E-state index in [0.717, 1.165) is 16.3 Å². The molecular weight excluding hydrogens is 408 g/mol. The Morgan fingerprint density at radius 3 is 2.69 bits per heavy atom. The van der Waals surface area contributed by atoms with Crippen LogP contribution in [0, 0.1) is 0 Å². The number of thiophene rings is 1. The van der Waals surface area contributed by atoms with Crippen LogP contribution in [0.25, 0.3) is 0 Å². The predicted molar refractivity (Wildman–Crippen MR) is 113 cm³/mol. The van der Waals surface area contributed by atoms with Gasteiger partial charge in [0.2, 0.25) is 5.16 Å². The van der Waals surface area contributed by atoms with Gasteiger partial charge >= 0.3 is 5.97 Å². The summed E-state index contributed by atoms with van der Waals surface area (Å²) in [4.78, 5) is 12.2. The van der Waals surface area contributed by atoms with Gasteiger partial charge in [-0.1, -0.05) is 43.8 Å². The second-order valence-electron chi connectivity index (χ2n) is 6.89. The summed E-state index contributed by atoms with van der Waals surface area (Å²) in [5.74, 6) is 0.922. The zero-order valence-electron chi connectivity index (χ0n) is 16.0. The lowest BCUT2D eigenvalue weighted by Gasteiger charge is -2.21. The van der Waals surface area contributed by atoms with Crippen molar-refractivity contribution in [2.75, 3.05) is 0 Å². The van der Waals surface area contributed by atoms with Crippen molar-refractivity contribution in [2.45, 2.75) is 43.2 Å². The minimum absolute atomic E-state index is 0.0255. The molecule has 0 saturated heterocycles. The van der Waals surface area contributed by atoms with E-state index < -0.39 is 5.97 Å². The highest BCUT2D eigenvalue weighted by molar-refractivity contribution is 8.00. The number of nitrogens with zero attached hydrogens (tertiary/aromatic N) is 4. The Morgan fingerprint density at radius 1 is 1.24 bits per heavy atom. The van der Waals surface area contributed by atoms with E-state index >= 15 is 0 Å². The molecule has 0 amide bonds. The van der Waals surface area contributed by atoms with Crippen molar-refractivity contribution in [1.82, 2.24) is 14.9 Å². The molecule has 1 aromatic carbocycles. The van der Waals surface area contributed by atoms with Gasteiger partial charge in [-0.05, 0) is 35.1 Å². The molecule has 9 heteroatoms. The number of carboxylic acid groups (broad SMARTS) is 1. The molecule has 0 radical (unpaired) electrons. The summed E-state index contributed by atoms with van der Waals surface area (Å²) in [5.41, 5.74) is 1.98. The zero-order chi connectivity index (χ0) is 20.4. The van der Waals surface area contributed by atoms with E-state index in [1.165, 1.54) is 28.7 Å². The van der Waals surface area contributed by atoms with Crippen LogP contribution < -0.4 is 4.74 Å². The number of benzene rings is 1. The van der Waals surface area contributed by atoms with Gasteiger partial charge in [0.05, 0.1) is 22.3 Å². The molecule has 0 saturated carbocycles. The largest absolute Gasteiger partial charge is 0.486 e. The Morgan fingerprint density at radius 2 is 2.03 bits per heavy atom. The molecular formula is C20H20N4O3S2. The number of hydrogen-bond donors (Lipinski definition) is 1. The van der Waals surface area contributed by atoms with E-state index in [4.69, 9.17) is 4.74 Å². The molecule has 1 N–H and O–H groups in total. The molecule has 0 fully saturated rings. The maximum atomic E-state index is 11.3. The summed E-state index contributed by atoms with van der Waals surface area (Å²) in [6, 6.07) is 11.9. The molecule has 0 bridgehead atoms. The summed E-state index contributed by atoms with van der Waals surface area (Å²) in [6.45, 7) is 4.52. The summed E-state index contributed by atoms with van der Waals surface area (Å²) in [7, 11) is 0. The quantitative estimate of drug-likeness (QED) is 0.605. The first-order valence-electron chi connectivity index (χ1n) is 9.19. The van der Waals surface area contributed by atoms with Crippen LogP contribution in [0.5, 0.6) is 5.75 Å². The molecule has 0 spiro atoms. The minimum Gasteiger partial charge on any atom is -0.486 e. The first-order valence-corrected chi connectivity index (χ1v) is 11.0. The standard InChI is InChI=1S/C20H20N4O3S2/c1-12(2)13-5-7-14(8-6-13)27-11-17-21-22-20-24(17)23-19(15-4-3-9-28-15)16(29-20)10-18(25)26/h3-9,12,16H,10-11H2,1-2H3,(H,25,26). The fourth-order valence-electron chi connectivity index (χ4n) is 2.94. The first-order chi connectivity index (χ1) is 14.0. The van der Waals surface area contributed by atoms with Crippen molar-refractivity contribution in [3.8, 4) is 5.75 Å². The fourth-order valence-corrected chi connectivity index (χ4v) is 4.88. The van der Waals surface area contributed by atoms with Crippen molar-refractivity contribution >= 4 is 34.8 Å². The number of aliphatic carboxylic acids is 1. The van der Waals surface area contributed by atoms with Crippen LogP contribution in [-0.4, -0.2) is 36.9 Å². The van der Waals surface area contributed by atoms with E-state index in [9.17, 15) is 9.90 Å². The third-order valence-electron chi connectivity index (χ3n) is 4.49. The lowest BCUT2D eigenvalue weighted by Crippen LogP contribution is -2.26. The van der Waals surface area contributed by atoms with Crippen LogP contribution >= 0.6 is 23.1 Å². The Bertz CT molecular complexity index is 1030. The number of thioether (sulfide) groups is 1. The highest BCUT2D eigenvalue weighted by atomic mass is 32.2. The second kappa shape index (κ2) is 8.38. The summed E-state index contributed by atoms with van der Waals surface area (Å²) >= 11 is 2.90. The van der Waals surface area contributed by atoms with Crippen LogP contribution in [0.3, 0.4) is 0 Å². The second-order valence-corrected chi connectivity index (χ2v) is 9.01. The van der Waals surface area contributed by atoms with Gasteiger partial charge in [0.25, 0.3) is 0 Å². The van der Waals surface area contributed by atoms with Crippen molar-refractivity contribution < 1.29 is 14.6 Å². The normalized spacial score (nSPS) is 15.8. The number of carboxylic acids is 1. The maximum Gasteiger partial charge on any atom is 0.304 e. The molecule has 3 aromatic rings. The zero-order valence-corrected chi connectivity index (χ0v) is 17.6. The van der Waals surface area contributed by atoms with Crippen molar-refractivity contribution in [3.05, 3.63) is 58.0 Å². The van der Waals surface area contributed by atoms with Crippen LogP contribution in [0.2, 0.25) is 0 Å². The van der Waals surface area contributed by atoms with Crippen LogP contribution in [-0.2, 0) is 11.4 Å². The van der Waals surface area contributed by atoms with Gasteiger partial charge in [-0.25, -0.2) is 0 Å². The number of aromatic nitrogens is 3. The van der Waals surface area contributed by atoms with Crippen molar-refractivity contribution in [2.24, 2.45) is 5.10 Å². The monoisotopic (exact) mass is 428 g/mol. The van der Waals surface area contributed by atoms with Crippen LogP contribution in [0.15, 0.2) is 52.0 Å². The molecule has 1 aliphatic heterocycles. The molecule has 1 unspecified atom stereocenters. The van der Waals surface area contributed by atoms with E-state index in [-0.39, 0.29) is 18.3 Å². The highest BCUT2D eigenvalue weighted by Crippen LogP contribution is 2.33. The first kappa shape index (κ1) is 19.7. The van der Waals surface area contributed by atoms with Gasteiger partial charge in [-0.3, -0.25) is 4.79 Å². The minimum atomic E-state index is -0.867. The molecule has 3 heterocycles. The SMILES string of the molecule is CC(C)c1ccc(OCc2nnc3n2N=C(c2cccs2)C(CC(=O)O)S3)cc1. The Hall–Kier alpha value is -2.65. The number of rotatable bonds is 7. The molecule has 4 rings (SSSR count). The summed E-state index contributed by atoms with van der Waals surface area (Å²) in [6.07, 6.45) is -0.0255. The van der Waals surface area contributed by atoms with Crippen LogP contribution in [0.4, 0.5) is 0 Å². The van der Waals surface area contributed by atoms with Gasteiger partial charge in [-0.2, -0.15) is 9.78 Å².